The highest BCUT2D eigenvalue weighted by Gasteiger charge is 2.09. The molecular formula is C11H20N2OS. The Kier molecular flexibility index (Phi) is 4.70. The lowest BCUT2D eigenvalue weighted by atomic mass is 10.1. The van der Waals surface area contributed by atoms with E-state index in [1.165, 1.54) is 4.88 Å². The van der Waals surface area contributed by atoms with Gasteiger partial charge in [-0.3, -0.25) is 0 Å². The van der Waals surface area contributed by atoms with E-state index in [9.17, 15) is 0 Å². The van der Waals surface area contributed by atoms with Gasteiger partial charge in [-0.15, -0.1) is 11.3 Å². The van der Waals surface area contributed by atoms with Gasteiger partial charge in [0.2, 0.25) is 0 Å². The minimum atomic E-state index is 0.163. The van der Waals surface area contributed by atoms with E-state index in [0.29, 0.717) is 0 Å². The summed E-state index contributed by atoms with van der Waals surface area (Å²) in [7, 11) is 1.72. The van der Waals surface area contributed by atoms with Crippen LogP contribution in [-0.2, 0) is 17.7 Å². The van der Waals surface area contributed by atoms with Gasteiger partial charge in [0.1, 0.15) is 0 Å². The maximum absolute atomic E-state index is 5.02. The highest BCUT2D eigenvalue weighted by molar-refractivity contribution is 7.11. The molecule has 0 bridgehead atoms. The largest absolute Gasteiger partial charge is 0.384 e. The monoisotopic (exact) mass is 228 g/mol. The first-order valence-corrected chi connectivity index (χ1v) is 6.00. The minimum Gasteiger partial charge on any atom is -0.384 e. The molecule has 0 atom stereocenters. The molecule has 1 aromatic rings. The summed E-state index contributed by atoms with van der Waals surface area (Å²) in [4.78, 5) is 5.64. The maximum Gasteiger partial charge on any atom is 0.0951 e. The molecule has 0 radical (unpaired) electrons. The SMILES string of the molecule is COCCc1ncc(CNC(C)(C)C)s1. The van der Waals surface area contributed by atoms with Crippen LogP contribution in [0.25, 0.3) is 0 Å². The fourth-order valence-corrected chi connectivity index (χ4v) is 1.93. The quantitative estimate of drug-likeness (QED) is 0.839. The van der Waals surface area contributed by atoms with Crippen LogP contribution in [0.1, 0.15) is 30.7 Å². The molecule has 86 valence electrons. The molecule has 3 nitrogen and oxygen atoms in total. The van der Waals surface area contributed by atoms with Gasteiger partial charge in [-0.2, -0.15) is 0 Å². The Bertz CT molecular complexity index is 291. The molecule has 1 N–H and O–H groups in total. The first-order valence-electron chi connectivity index (χ1n) is 5.19. The van der Waals surface area contributed by atoms with Crippen molar-refractivity contribution in [3.63, 3.8) is 0 Å². The van der Waals surface area contributed by atoms with Crippen LogP contribution in [0.15, 0.2) is 6.20 Å². The fourth-order valence-electron chi connectivity index (χ4n) is 1.09. The Labute approximate surface area is 95.9 Å². The second-order valence-corrected chi connectivity index (χ2v) is 5.77. The van der Waals surface area contributed by atoms with Crippen molar-refractivity contribution in [2.45, 2.75) is 39.3 Å². The summed E-state index contributed by atoms with van der Waals surface area (Å²) in [5.74, 6) is 0. The van der Waals surface area contributed by atoms with Crippen LogP contribution in [-0.4, -0.2) is 24.2 Å². The summed E-state index contributed by atoms with van der Waals surface area (Å²) in [6.45, 7) is 8.15. The summed E-state index contributed by atoms with van der Waals surface area (Å²) in [5, 5.41) is 4.60. The lowest BCUT2D eigenvalue weighted by Crippen LogP contribution is -2.34. The van der Waals surface area contributed by atoms with Gasteiger partial charge >= 0.3 is 0 Å². The molecule has 0 spiro atoms. The molecule has 0 aliphatic rings. The van der Waals surface area contributed by atoms with E-state index in [2.05, 4.69) is 31.1 Å². The number of ether oxygens (including phenoxy) is 1. The van der Waals surface area contributed by atoms with E-state index in [4.69, 9.17) is 4.74 Å². The van der Waals surface area contributed by atoms with E-state index < -0.39 is 0 Å². The van der Waals surface area contributed by atoms with E-state index in [1.807, 2.05) is 6.20 Å². The molecule has 1 heterocycles. The highest BCUT2D eigenvalue weighted by atomic mass is 32.1. The van der Waals surface area contributed by atoms with Crippen molar-refractivity contribution in [1.82, 2.24) is 10.3 Å². The summed E-state index contributed by atoms with van der Waals surface area (Å²) in [6, 6.07) is 0. The van der Waals surface area contributed by atoms with Gasteiger partial charge in [-0.1, -0.05) is 0 Å². The summed E-state index contributed by atoms with van der Waals surface area (Å²) >= 11 is 1.76. The molecule has 1 aromatic heterocycles. The van der Waals surface area contributed by atoms with Crippen molar-refractivity contribution >= 4 is 11.3 Å². The summed E-state index contributed by atoms with van der Waals surface area (Å²) in [5.41, 5.74) is 0.163. The zero-order valence-corrected chi connectivity index (χ0v) is 10.8. The standard InChI is InChI=1S/C11H20N2OS/c1-11(2,3)13-8-9-7-12-10(15-9)5-6-14-4/h7,13H,5-6,8H2,1-4H3. The van der Waals surface area contributed by atoms with Gasteiger partial charge in [0.05, 0.1) is 11.6 Å². The van der Waals surface area contributed by atoms with Gasteiger partial charge < -0.3 is 10.1 Å². The van der Waals surface area contributed by atoms with Gasteiger partial charge in [-0.05, 0) is 20.8 Å². The molecule has 0 unspecified atom stereocenters. The number of aromatic nitrogens is 1. The number of rotatable bonds is 5. The van der Waals surface area contributed by atoms with E-state index in [0.717, 1.165) is 24.6 Å². The van der Waals surface area contributed by atoms with E-state index >= 15 is 0 Å². The third kappa shape index (κ3) is 5.25. The molecular weight excluding hydrogens is 208 g/mol. The Morgan fingerprint density at radius 3 is 2.80 bits per heavy atom. The summed E-state index contributed by atoms with van der Waals surface area (Å²) < 4.78 is 5.02. The Morgan fingerprint density at radius 2 is 2.20 bits per heavy atom. The number of hydrogen-bond donors (Lipinski definition) is 1. The van der Waals surface area contributed by atoms with Gasteiger partial charge in [0.25, 0.3) is 0 Å². The third-order valence-corrected chi connectivity index (χ3v) is 2.97. The van der Waals surface area contributed by atoms with Crippen molar-refractivity contribution in [2.75, 3.05) is 13.7 Å². The predicted octanol–water partition coefficient (Wildman–Crippen LogP) is 2.22. The predicted molar refractivity (Wildman–Crippen MR) is 64.3 cm³/mol. The maximum atomic E-state index is 5.02. The lowest BCUT2D eigenvalue weighted by molar-refractivity contribution is 0.202. The molecule has 0 aliphatic heterocycles. The molecule has 0 fully saturated rings. The van der Waals surface area contributed by atoms with Crippen LogP contribution in [0.4, 0.5) is 0 Å². The number of methoxy groups -OCH3 is 1. The molecule has 1 rings (SSSR count). The molecule has 4 heteroatoms. The zero-order valence-electron chi connectivity index (χ0n) is 9.96. The van der Waals surface area contributed by atoms with Crippen LogP contribution in [0, 0.1) is 0 Å². The van der Waals surface area contributed by atoms with Crippen LogP contribution < -0.4 is 5.32 Å². The van der Waals surface area contributed by atoms with Crippen molar-refractivity contribution in [3.8, 4) is 0 Å². The second-order valence-electron chi connectivity index (χ2n) is 4.57. The Morgan fingerprint density at radius 1 is 1.47 bits per heavy atom. The first kappa shape index (κ1) is 12.6. The van der Waals surface area contributed by atoms with Gasteiger partial charge in [-0.25, -0.2) is 4.98 Å². The van der Waals surface area contributed by atoms with Crippen LogP contribution >= 0.6 is 11.3 Å². The Balaban J connectivity index is 2.39. The fraction of sp³-hybridized carbons (Fsp3) is 0.727. The van der Waals surface area contributed by atoms with Crippen molar-refractivity contribution in [1.29, 1.82) is 0 Å². The minimum absolute atomic E-state index is 0.163. The van der Waals surface area contributed by atoms with Crippen LogP contribution in [0.2, 0.25) is 0 Å². The smallest absolute Gasteiger partial charge is 0.0951 e. The molecule has 0 aromatic carbocycles. The van der Waals surface area contributed by atoms with Crippen molar-refractivity contribution < 1.29 is 4.74 Å². The molecule has 0 amide bonds. The zero-order chi connectivity index (χ0) is 11.3. The number of thiazole rings is 1. The first-order chi connectivity index (χ1) is 7.01. The molecule has 0 saturated heterocycles. The third-order valence-electron chi connectivity index (χ3n) is 1.91. The lowest BCUT2D eigenvalue weighted by Gasteiger charge is -2.19. The topological polar surface area (TPSA) is 34.1 Å². The average Bonchev–Trinajstić information content (AvgIpc) is 2.58. The average molecular weight is 228 g/mol. The number of nitrogens with zero attached hydrogens (tertiary/aromatic N) is 1. The summed E-state index contributed by atoms with van der Waals surface area (Å²) in [6.07, 6.45) is 2.87. The number of hydrogen-bond acceptors (Lipinski definition) is 4. The van der Waals surface area contributed by atoms with Gasteiger partial charge in [0.15, 0.2) is 0 Å². The van der Waals surface area contributed by atoms with Gasteiger partial charge in [0, 0.05) is 36.7 Å². The second kappa shape index (κ2) is 5.58. The van der Waals surface area contributed by atoms with E-state index in [1.54, 1.807) is 18.4 Å². The van der Waals surface area contributed by atoms with E-state index in [-0.39, 0.29) is 5.54 Å². The normalized spacial score (nSPS) is 12.0. The molecule has 0 aliphatic carbocycles. The van der Waals surface area contributed by atoms with Crippen molar-refractivity contribution in [3.05, 3.63) is 16.1 Å². The highest BCUT2D eigenvalue weighted by Crippen LogP contribution is 2.14. The Hall–Kier alpha value is -0.450. The number of nitrogens with one attached hydrogen (secondary N) is 1. The van der Waals surface area contributed by atoms with Crippen molar-refractivity contribution in [2.24, 2.45) is 0 Å². The molecule has 15 heavy (non-hydrogen) atoms. The van der Waals surface area contributed by atoms with Crippen LogP contribution in [0.3, 0.4) is 0 Å². The van der Waals surface area contributed by atoms with Crippen LogP contribution in [0.5, 0.6) is 0 Å². The molecule has 0 saturated carbocycles.